The fourth-order valence-corrected chi connectivity index (χ4v) is 7.96. The van der Waals surface area contributed by atoms with E-state index in [-0.39, 0.29) is 28.6 Å². The van der Waals surface area contributed by atoms with Crippen LogP contribution < -0.4 is 9.64 Å². The summed E-state index contributed by atoms with van der Waals surface area (Å²) in [4.78, 5) is 39.0. The van der Waals surface area contributed by atoms with Gasteiger partial charge in [-0.1, -0.05) is 25.1 Å². The summed E-state index contributed by atoms with van der Waals surface area (Å²) >= 11 is 6.71. The first kappa shape index (κ1) is 35.8. The van der Waals surface area contributed by atoms with Gasteiger partial charge in [-0.25, -0.2) is 8.78 Å². The van der Waals surface area contributed by atoms with Crippen LogP contribution in [0, 0.1) is 11.6 Å². The van der Waals surface area contributed by atoms with E-state index in [0.717, 1.165) is 24.2 Å². The molecule has 4 aliphatic rings. The van der Waals surface area contributed by atoms with E-state index in [0.29, 0.717) is 61.1 Å². The zero-order chi connectivity index (χ0) is 34.7. The van der Waals surface area contributed by atoms with Gasteiger partial charge >= 0.3 is 0 Å². The molecule has 0 radical (unpaired) electrons. The molecule has 0 spiro atoms. The van der Waals surface area contributed by atoms with Gasteiger partial charge in [-0.3, -0.25) is 14.5 Å². The number of likely N-dealkylation sites (N-methyl/N-ethyl adjacent to an activating group) is 2. The van der Waals surface area contributed by atoms with Crippen molar-refractivity contribution < 1.29 is 23.1 Å². The molecule has 2 aromatic carbocycles. The van der Waals surface area contributed by atoms with E-state index in [1.807, 2.05) is 30.7 Å². The molecule has 2 bridgehead atoms. The molecule has 12 heteroatoms. The molecule has 4 aliphatic heterocycles. The van der Waals surface area contributed by atoms with Gasteiger partial charge in [0.15, 0.2) is 5.75 Å². The molecule has 2 aromatic rings. The second kappa shape index (κ2) is 15.3. The number of piperazine rings is 2. The van der Waals surface area contributed by atoms with Gasteiger partial charge in [0.2, 0.25) is 12.3 Å². The number of carbonyl (C=O) groups excluding carboxylic acids is 2. The second-order valence-corrected chi connectivity index (χ2v) is 13.7. The predicted molar refractivity (Wildman–Crippen MR) is 187 cm³/mol. The molecule has 0 aromatic heterocycles. The summed E-state index contributed by atoms with van der Waals surface area (Å²) in [5.74, 6) is -0.931. The van der Waals surface area contributed by atoms with Crippen molar-refractivity contribution in [3.63, 3.8) is 0 Å². The number of amidine groups is 1. The van der Waals surface area contributed by atoms with Crippen molar-refractivity contribution in [2.45, 2.75) is 64.2 Å². The summed E-state index contributed by atoms with van der Waals surface area (Å²) in [5.41, 5.74) is 1.53. The molecule has 9 nitrogen and oxygen atoms in total. The average Bonchev–Trinajstić information content (AvgIpc) is 3.28. The summed E-state index contributed by atoms with van der Waals surface area (Å²) in [5, 5.41) is 0.171. The maximum absolute atomic E-state index is 14.8. The van der Waals surface area contributed by atoms with E-state index in [2.05, 4.69) is 35.3 Å². The van der Waals surface area contributed by atoms with Crippen LogP contribution >= 0.6 is 11.6 Å². The van der Waals surface area contributed by atoms with Crippen molar-refractivity contribution in [3.8, 4) is 16.9 Å². The minimum Gasteiger partial charge on any atom is -0.489 e. The van der Waals surface area contributed by atoms with Gasteiger partial charge in [-0.05, 0) is 71.0 Å². The molecule has 6 rings (SSSR count). The average molecular weight is 685 g/mol. The normalized spacial score (nSPS) is 24.4. The van der Waals surface area contributed by atoms with Gasteiger partial charge < -0.3 is 24.3 Å². The molecule has 0 saturated carbocycles. The van der Waals surface area contributed by atoms with Crippen LogP contribution in [0.15, 0.2) is 41.9 Å². The van der Waals surface area contributed by atoms with Crippen LogP contribution in [0.3, 0.4) is 0 Å². The predicted octanol–water partition coefficient (Wildman–Crippen LogP) is 5.30. The van der Waals surface area contributed by atoms with E-state index < -0.39 is 11.6 Å². The summed E-state index contributed by atoms with van der Waals surface area (Å²) in [6, 6.07) is 6.33. The summed E-state index contributed by atoms with van der Waals surface area (Å²) in [6.07, 6.45) is 5.95. The van der Waals surface area contributed by atoms with Crippen molar-refractivity contribution >= 4 is 35.4 Å². The second-order valence-electron chi connectivity index (χ2n) is 13.3. The molecule has 260 valence electrons. The number of halogens is 3. The SMILES string of the molecule is C=CC(=O)N1C[C@H](C)N(C(=NC=O)c2cc(Cl)c(-c3ccc(F)cc3F)c3c2N(C)CCO3)C[C@H]1C.CCCN1C2CCC1CN(C)C2. The summed E-state index contributed by atoms with van der Waals surface area (Å²) in [7, 11) is 4.11. The largest absolute Gasteiger partial charge is 0.489 e. The van der Waals surface area contributed by atoms with Crippen LogP contribution in [0.1, 0.15) is 45.6 Å². The Morgan fingerprint density at radius 2 is 1.73 bits per heavy atom. The number of amides is 2. The van der Waals surface area contributed by atoms with Crippen LogP contribution in [-0.4, -0.2) is 122 Å². The lowest BCUT2D eigenvalue weighted by molar-refractivity contribution is -0.130. The third-order valence-corrected chi connectivity index (χ3v) is 10.2. The number of fused-ring (bicyclic) bond motifs is 3. The fraction of sp³-hybridized carbons (Fsp3) is 0.528. The van der Waals surface area contributed by atoms with Crippen LogP contribution in [0.25, 0.3) is 11.1 Å². The highest BCUT2D eigenvalue weighted by molar-refractivity contribution is 6.35. The highest BCUT2D eigenvalue weighted by atomic mass is 35.5. The molecule has 3 saturated heterocycles. The van der Waals surface area contributed by atoms with Crippen molar-refractivity contribution in [2.24, 2.45) is 4.99 Å². The Morgan fingerprint density at radius 3 is 2.35 bits per heavy atom. The van der Waals surface area contributed by atoms with Crippen molar-refractivity contribution in [1.29, 1.82) is 0 Å². The van der Waals surface area contributed by atoms with Crippen molar-refractivity contribution in [1.82, 2.24) is 19.6 Å². The first-order valence-corrected chi connectivity index (χ1v) is 17.2. The Morgan fingerprint density at radius 1 is 1.06 bits per heavy atom. The van der Waals surface area contributed by atoms with E-state index in [4.69, 9.17) is 16.3 Å². The zero-order valence-corrected chi connectivity index (χ0v) is 29.3. The van der Waals surface area contributed by atoms with Gasteiger partial charge in [0, 0.05) is 80.2 Å². The minimum absolute atomic E-state index is 0.104. The quantitative estimate of drug-likeness (QED) is 0.177. The highest BCUT2D eigenvalue weighted by Gasteiger charge is 2.38. The van der Waals surface area contributed by atoms with Gasteiger partial charge in [-0.15, -0.1) is 0 Å². The highest BCUT2D eigenvalue weighted by Crippen LogP contribution is 2.48. The minimum atomic E-state index is -0.768. The van der Waals surface area contributed by atoms with Crippen LogP contribution in [0.4, 0.5) is 14.5 Å². The number of carbonyl (C=O) groups is 2. The van der Waals surface area contributed by atoms with Gasteiger partial charge in [0.05, 0.1) is 17.3 Å². The number of rotatable bonds is 6. The Balaban J connectivity index is 0.000000313. The van der Waals surface area contributed by atoms with Crippen molar-refractivity contribution in [3.05, 3.63) is 59.1 Å². The Kier molecular flexibility index (Phi) is 11.4. The standard InChI is InChI=1S/C26H27ClF2N4O3.C10H20N2/c1-5-22(35)32-12-16(3)33(13-15(32)2)26(30-14-34)19-11-20(27)23(18-7-6-17(28)10-21(18)29)25-24(19)31(4)8-9-36-25;1-3-6-12-9-4-5-10(12)8-11(2)7-9/h5-7,10-11,14-16H,1,8-9,12-13H2,2-4H3;9-10H,3-8H2,1-2H3/t15-,16+;/m1./s1. The lowest BCUT2D eigenvalue weighted by Crippen LogP contribution is -2.59. The third-order valence-electron chi connectivity index (χ3n) is 9.89. The number of hydrogen-bond acceptors (Lipinski definition) is 6. The maximum Gasteiger partial charge on any atom is 0.246 e. The van der Waals surface area contributed by atoms with Crippen LogP contribution in [0.5, 0.6) is 5.75 Å². The van der Waals surface area contributed by atoms with Gasteiger partial charge in [-0.2, -0.15) is 4.99 Å². The Hall–Kier alpha value is -3.54. The molecular formula is C36H47ClF2N6O3. The first-order chi connectivity index (χ1) is 23.0. The van der Waals surface area contributed by atoms with Crippen molar-refractivity contribution in [2.75, 3.05) is 64.9 Å². The lowest BCUT2D eigenvalue weighted by Gasteiger charge is -2.45. The molecule has 0 N–H and O–H groups in total. The van der Waals surface area contributed by atoms with Crippen LogP contribution in [0.2, 0.25) is 5.02 Å². The van der Waals surface area contributed by atoms with Crippen LogP contribution in [-0.2, 0) is 9.59 Å². The molecular weight excluding hydrogens is 638 g/mol. The zero-order valence-electron chi connectivity index (χ0n) is 28.6. The third kappa shape index (κ3) is 7.23. The van der Waals surface area contributed by atoms with E-state index in [9.17, 15) is 18.4 Å². The van der Waals surface area contributed by atoms with Gasteiger partial charge in [0.1, 0.15) is 24.1 Å². The van der Waals surface area contributed by atoms with E-state index >= 15 is 0 Å². The Bertz CT molecular complexity index is 1540. The molecule has 4 atom stereocenters. The number of likely N-dealkylation sites (tertiary alicyclic amines) is 1. The molecule has 48 heavy (non-hydrogen) atoms. The first-order valence-electron chi connectivity index (χ1n) is 16.8. The lowest BCUT2D eigenvalue weighted by atomic mass is 9.96. The monoisotopic (exact) mass is 684 g/mol. The molecule has 4 heterocycles. The number of ether oxygens (including phenoxy) is 1. The molecule has 2 unspecified atom stereocenters. The van der Waals surface area contributed by atoms with Gasteiger partial charge in [0.25, 0.3) is 0 Å². The smallest absolute Gasteiger partial charge is 0.246 e. The van der Waals surface area contributed by atoms with E-state index in [1.54, 1.807) is 11.0 Å². The Labute approximate surface area is 287 Å². The number of hydrogen-bond donors (Lipinski definition) is 0. The molecule has 3 fully saturated rings. The maximum atomic E-state index is 14.8. The van der Waals surface area contributed by atoms with E-state index in [1.165, 1.54) is 51.0 Å². The molecule has 0 aliphatic carbocycles. The number of anilines is 1. The topological polar surface area (TPSA) is 71.9 Å². The summed E-state index contributed by atoms with van der Waals surface area (Å²) in [6.45, 7) is 15.3. The summed E-state index contributed by atoms with van der Waals surface area (Å²) < 4.78 is 34.4. The number of aliphatic imine (C=N–C) groups is 1. The number of benzene rings is 2. The fourth-order valence-electron chi connectivity index (χ4n) is 7.66. The molecule has 2 amide bonds. The number of nitrogens with zero attached hydrogens (tertiary/aromatic N) is 6.